The Morgan fingerprint density at radius 3 is 2.75 bits per heavy atom. The Kier molecular flexibility index (Phi) is 5.86. The Morgan fingerprint density at radius 2 is 2.00 bits per heavy atom. The van der Waals surface area contributed by atoms with E-state index in [0.717, 1.165) is 5.56 Å². The molecular weight excluding hydrogens is 308 g/mol. The number of nitriles is 1. The number of nitro groups is 1. The zero-order valence-corrected chi connectivity index (χ0v) is 12.9. The lowest BCUT2D eigenvalue weighted by atomic mass is 10.1. The first kappa shape index (κ1) is 17.0. The molecule has 0 fully saturated rings. The third kappa shape index (κ3) is 4.81. The van der Waals surface area contributed by atoms with E-state index in [2.05, 4.69) is 10.6 Å². The second-order valence-electron chi connectivity index (χ2n) is 5.04. The maximum atomic E-state index is 11.8. The molecule has 2 rings (SSSR count). The molecule has 0 atom stereocenters. The highest BCUT2D eigenvalue weighted by molar-refractivity contribution is 5.76. The van der Waals surface area contributed by atoms with E-state index < -0.39 is 4.92 Å². The van der Waals surface area contributed by atoms with Gasteiger partial charge in [-0.2, -0.15) is 5.26 Å². The van der Waals surface area contributed by atoms with Crippen molar-refractivity contribution >= 4 is 17.3 Å². The van der Waals surface area contributed by atoms with Crippen LogP contribution in [0.2, 0.25) is 0 Å². The molecule has 7 nitrogen and oxygen atoms in total. The van der Waals surface area contributed by atoms with E-state index in [4.69, 9.17) is 5.26 Å². The fraction of sp³-hybridized carbons (Fsp3) is 0.176. The molecule has 2 aromatic carbocycles. The highest BCUT2D eigenvalue weighted by atomic mass is 16.6. The molecule has 7 heteroatoms. The van der Waals surface area contributed by atoms with Gasteiger partial charge in [-0.25, -0.2) is 0 Å². The van der Waals surface area contributed by atoms with Crippen LogP contribution in [0, 0.1) is 21.4 Å². The number of para-hydroxylation sites is 2. The molecule has 0 aliphatic carbocycles. The highest BCUT2D eigenvalue weighted by Gasteiger charge is 2.11. The predicted octanol–water partition coefficient (Wildman–Crippen LogP) is 2.58. The molecule has 0 aromatic heterocycles. The first-order valence-electron chi connectivity index (χ1n) is 7.33. The average molecular weight is 324 g/mol. The third-order valence-corrected chi connectivity index (χ3v) is 3.31. The Bertz CT molecular complexity index is 783. The van der Waals surface area contributed by atoms with Crippen LogP contribution in [0.25, 0.3) is 0 Å². The van der Waals surface area contributed by atoms with Gasteiger partial charge in [-0.1, -0.05) is 24.3 Å². The van der Waals surface area contributed by atoms with E-state index in [9.17, 15) is 14.9 Å². The van der Waals surface area contributed by atoms with E-state index in [-0.39, 0.29) is 24.6 Å². The van der Waals surface area contributed by atoms with Crippen molar-refractivity contribution in [1.29, 1.82) is 5.26 Å². The molecule has 0 aliphatic heterocycles. The minimum absolute atomic E-state index is 0.0220. The van der Waals surface area contributed by atoms with Crippen LogP contribution >= 0.6 is 0 Å². The van der Waals surface area contributed by atoms with E-state index in [0.29, 0.717) is 17.8 Å². The van der Waals surface area contributed by atoms with Gasteiger partial charge in [0.25, 0.3) is 5.69 Å². The van der Waals surface area contributed by atoms with Gasteiger partial charge in [-0.3, -0.25) is 14.9 Å². The predicted molar refractivity (Wildman–Crippen MR) is 89.2 cm³/mol. The minimum atomic E-state index is -0.468. The molecule has 0 saturated carbocycles. The summed E-state index contributed by atoms with van der Waals surface area (Å²) in [6.45, 7) is 0.620. The summed E-state index contributed by atoms with van der Waals surface area (Å²) in [6, 6.07) is 15.3. The number of nitro benzene ring substituents is 1. The highest BCUT2D eigenvalue weighted by Crippen LogP contribution is 2.22. The normalized spacial score (nSPS) is 9.79. The first-order valence-corrected chi connectivity index (χ1v) is 7.33. The lowest BCUT2D eigenvalue weighted by molar-refractivity contribution is -0.384. The molecule has 0 saturated heterocycles. The molecule has 0 radical (unpaired) electrons. The summed E-state index contributed by atoms with van der Waals surface area (Å²) in [4.78, 5) is 22.3. The maximum absolute atomic E-state index is 11.8. The SMILES string of the molecule is N#Cc1cccc(CNC(=O)CCNc2ccccc2[N+](=O)[O-])c1. The Hall–Kier alpha value is -3.40. The largest absolute Gasteiger partial charge is 0.379 e. The number of carbonyl (C=O) groups is 1. The molecule has 0 spiro atoms. The Morgan fingerprint density at radius 1 is 1.21 bits per heavy atom. The van der Waals surface area contributed by atoms with Gasteiger partial charge in [-0.15, -0.1) is 0 Å². The fourth-order valence-electron chi connectivity index (χ4n) is 2.13. The number of nitrogens with zero attached hydrogens (tertiary/aromatic N) is 2. The van der Waals surface area contributed by atoms with E-state index >= 15 is 0 Å². The summed E-state index contributed by atoms with van der Waals surface area (Å²) in [5.41, 5.74) is 1.75. The lowest BCUT2D eigenvalue weighted by Crippen LogP contribution is -2.25. The Labute approximate surface area is 139 Å². The van der Waals surface area contributed by atoms with Gasteiger partial charge in [0.2, 0.25) is 5.91 Å². The molecular formula is C17H16N4O3. The molecule has 0 aliphatic rings. The number of rotatable bonds is 7. The molecule has 1 amide bonds. The van der Waals surface area contributed by atoms with Crippen LogP contribution in [0.1, 0.15) is 17.5 Å². The molecule has 122 valence electrons. The molecule has 0 heterocycles. The number of nitrogens with one attached hydrogen (secondary N) is 2. The summed E-state index contributed by atoms with van der Waals surface area (Å²) < 4.78 is 0. The molecule has 0 bridgehead atoms. The topological polar surface area (TPSA) is 108 Å². The molecule has 24 heavy (non-hydrogen) atoms. The van der Waals surface area contributed by atoms with Crippen LogP contribution in [0.15, 0.2) is 48.5 Å². The number of anilines is 1. The van der Waals surface area contributed by atoms with E-state index in [1.165, 1.54) is 6.07 Å². The van der Waals surface area contributed by atoms with Gasteiger partial charge in [0.05, 0.1) is 16.6 Å². The molecule has 2 aromatic rings. The van der Waals surface area contributed by atoms with Crippen LogP contribution in [-0.2, 0) is 11.3 Å². The maximum Gasteiger partial charge on any atom is 0.292 e. The molecule has 0 unspecified atom stereocenters. The summed E-state index contributed by atoms with van der Waals surface area (Å²) in [6.07, 6.45) is 0.185. The van der Waals surface area contributed by atoms with Crippen molar-refractivity contribution in [1.82, 2.24) is 5.32 Å². The fourth-order valence-corrected chi connectivity index (χ4v) is 2.13. The summed E-state index contributed by atoms with van der Waals surface area (Å²) in [5, 5.41) is 25.4. The van der Waals surface area contributed by atoms with Gasteiger partial charge in [0, 0.05) is 25.6 Å². The zero-order chi connectivity index (χ0) is 17.4. The lowest BCUT2D eigenvalue weighted by Gasteiger charge is -2.08. The minimum Gasteiger partial charge on any atom is -0.379 e. The van der Waals surface area contributed by atoms with Crippen LogP contribution in [0.5, 0.6) is 0 Å². The second kappa shape index (κ2) is 8.29. The van der Waals surface area contributed by atoms with Crippen molar-refractivity contribution in [3.05, 3.63) is 69.8 Å². The quantitative estimate of drug-likeness (QED) is 0.601. The van der Waals surface area contributed by atoms with Gasteiger partial charge >= 0.3 is 0 Å². The third-order valence-electron chi connectivity index (χ3n) is 3.31. The first-order chi connectivity index (χ1) is 11.6. The van der Waals surface area contributed by atoms with Crippen molar-refractivity contribution in [2.24, 2.45) is 0 Å². The monoisotopic (exact) mass is 324 g/mol. The Balaban J connectivity index is 1.80. The average Bonchev–Trinajstić information content (AvgIpc) is 2.60. The second-order valence-corrected chi connectivity index (χ2v) is 5.04. The van der Waals surface area contributed by atoms with Crippen LogP contribution in [0.3, 0.4) is 0 Å². The van der Waals surface area contributed by atoms with Crippen LogP contribution in [-0.4, -0.2) is 17.4 Å². The van der Waals surface area contributed by atoms with Gasteiger partial charge in [0.15, 0.2) is 0 Å². The number of carbonyl (C=O) groups excluding carboxylic acids is 1. The zero-order valence-electron chi connectivity index (χ0n) is 12.9. The number of hydrogen-bond donors (Lipinski definition) is 2. The van der Waals surface area contributed by atoms with Crippen molar-refractivity contribution < 1.29 is 9.72 Å². The summed E-state index contributed by atoms with van der Waals surface area (Å²) in [5.74, 6) is -0.177. The van der Waals surface area contributed by atoms with Gasteiger partial charge in [0.1, 0.15) is 5.69 Å². The van der Waals surface area contributed by atoms with E-state index in [1.54, 1.807) is 36.4 Å². The van der Waals surface area contributed by atoms with Gasteiger partial charge < -0.3 is 10.6 Å². The number of amides is 1. The smallest absolute Gasteiger partial charge is 0.292 e. The molecule has 2 N–H and O–H groups in total. The van der Waals surface area contributed by atoms with Crippen molar-refractivity contribution in [3.8, 4) is 6.07 Å². The van der Waals surface area contributed by atoms with Crippen molar-refractivity contribution in [3.63, 3.8) is 0 Å². The number of benzene rings is 2. The van der Waals surface area contributed by atoms with Crippen LogP contribution in [0.4, 0.5) is 11.4 Å². The summed E-state index contributed by atoms with van der Waals surface area (Å²) in [7, 11) is 0. The summed E-state index contributed by atoms with van der Waals surface area (Å²) >= 11 is 0. The van der Waals surface area contributed by atoms with Crippen molar-refractivity contribution in [2.75, 3.05) is 11.9 Å². The van der Waals surface area contributed by atoms with Crippen LogP contribution < -0.4 is 10.6 Å². The van der Waals surface area contributed by atoms with Gasteiger partial charge in [-0.05, 0) is 23.8 Å². The van der Waals surface area contributed by atoms with Crippen molar-refractivity contribution in [2.45, 2.75) is 13.0 Å². The van der Waals surface area contributed by atoms with E-state index in [1.807, 2.05) is 12.1 Å². The standard InChI is InChI=1S/C17H16N4O3/c18-11-13-4-3-5-14(10-13)12-20-17(22)8-9-19-15-6-1-2-7-16(15)21(23)24/h1-7,10,19H,8-9,12H2,(H,20,22). The number of hydrogen-bond acceptors (Lipinski definition) is 5.